The van der Waals surface area contributed by atoms with E-state index >= 15 is 0 Å². The van der Waals surface area contributed by atoms with Crippen molar-refractivity contribution in [3.05, 3.63) is 23.4 Å². The molecule has 0 saturated carbocycles. The highest BCUT2D eigenvalue weighted by Gasteiger charge is 2.33. The summed E-state index contributed by atoms with van der Waals surface area (Å²) in [6, 6.07) is 1.86. The summed E-state index contributed by atoms with van der Waals surface area (Å²) in [6.45, 7) is 2.02. The highest BCUT2D eigenvalue weighted by atomic mass is 19.4. The fourth-order valence-electron chi connectivity index (χ4n) is 1.11. The zero-order valence-electron chi connectivity index (χ0n) is 9.14. The van der Waals surface area contributed by atoms with Crippen LogP contribution in [0.15, 0.2) is 12.1 Å². The summed E-state index contributed by atoms with van der Waals surface area (Å²) in [6.07, 6.45) is -3.92. The van der Waals surface area contributed by atoms with Crippen molar-refractivity contribution in [3.8, 4) is 5.88 Å². The lowest BCUT2D eigenvalue weighted by molar-refractivity contribution is -0.141. The molecule has 1 rings (SSSR count). The summed E-state index contributed by atoms with van der Waals surface area (Å²) < 4.78 is 42.3. The van der Waals surface area contributed by atoms with Crippen molar-refractivity contribution in [2.75, 3.05) is 6.61 Å². The van der Waals surface area contributed by atoms with E-state index in [1.807, 2.05) is 0 Å². The van der Waals surface area contributed by atoms with Crippen molar-refractivity contribution in [1.82, 2.24) is 4.98 Å². The monoisotopic (exact) mass is 247 g/mol. The van der Waals surface area contributed by atoms with Gasteiger partial charge >= 0.3 is 6.18 Å². The van der Waals surface area contributed by atoms with Gasteiger partial charge in [0.15, 0.2) is 0 Å². The van der Waals surface area contributed by atoms with Crippen LogP contribution in [0.25, 0.3) is 0 Å². The zero-order valence-corrected chi connectivity index (χ0v) is 9.14. The van der Waals surface area contributed by atoms with E-state index in [9.17, 15) is 13.2 Å². The number of nitrogen functional groups attached to an aromatic ring is 1. The number of nitrogens with one attached hydrogen (secondary N) is 1. The van der Waals surface area contributed by atoms with E-state index in [-0.39, 0.29) is 23.9 Å². The number of hydrogen-bond donors (Lipinski definition) is 2. The Hall–Kier alpha value is -1.79. The average molecular weight is 247 g/mol. The minimum Gasteiger partial charge on any atom is -0.477 e. The molecular formula is C10H12F3N3O. The Kier molecular flexibility index (Phi) is 3.93. The van der Waals surface area contributed by atoms with E-state index in [2.05, 4.69) is 4.98 Å². The second-order valence-electron chi connectivity index (χ2n) is 3.31. The Morgan fingerprint density at radius 1 is 1.47 bits per heavy atom. The van der Waals surface area contributed by atoms with Crippen LogP contribution in [-0.4, -0.2) is 17.4 Å². The van der Waals surface area contributed by atoms with Crippen molar-refractivity contribution in [3.63, 3.8) is 0 Å². The summed E-state index contributed by atoms with van der Waals surface area (Å²) in [5.74, 6) is -0.633. The number of aromatic nitrogens is 1. The van der Waals surface area contributed by atoms with Crippen molar-refractivity contribution < 1.29 is 17.9 Å². The molecule has 1 heterocycles. The second-order valence-corrected chi connectivity index (χ2v) is 3.31. The van der Waals surface area contributed by atoms with Gasteiger partial charge in [0, 0.05) is 0 Å². The Morgan fingerprint density at radius 2 is 2.12 bits per heavy atom. The maximum Gasteiger partial charge on any atom is 0.433 e. The molecule has 3 N–H and O–H groups in total. The van der Waals surface area contributed by atoms with Crippen LogP contribution in [0.5, 0.6) is 5.88 Å². The predicted octanol–water partition coefficient (Wildman–Crippen LogP) is 2.17. The molecule has 0 radical (unpaired) electrons. The van der Waals surface area contributed by atoms with Crippen molar-refractivity contribution in [2.24, 2.45) is 5.73 Å². The molecule has 7 heteroatoms. The normalized spacial score (nSPS) is 11.3. The standard InChI is InChI=1S/C10H12F3N3O/c1-2-5-17-9-6(8(14)15)3-4-7(16-9)10(11,12)13/h3-4H,2,5H2,1H3,(H3,14,15). The maximum absolute atomic E-state index is 12.4. The van der Waals surface area contributed by atoms with Gasteiger partial charge in [0.2, 0.25) is 5.88 Å². The van der Waals surface area contributed by atoms with Crippen LogP contribution in [-0.2, 0) is 6.18 Å². The van der Waals surface area contributed by atoms with Gasteiger partial charge in [-0.15, -0.1) is 0 Å². The fraction of sp³-hybridized carbons (Fsp3) is 0.400. The average Bonchev–Trinajstić information content (AvgIpc) is 2.24. The van der Waals surface area contributed by atoms with E-state index in [0.29, 0.717) is 6.42 Å². The smallest absolute Gasteiger partial charge is 0.433 e. The number of nitrogens with zero attached hydrogens (tertiary/aromatic N) is 1. The third-order valence-electron chi connectivity index (χ3n) is 1.88. The molecular weight excluding hydrogens is 235 g/mol. The van der Waals surface area contributed by atoms with Crippen molar-refractivity contribution in [1.29, 1.82) is 5.41 Å². The fourth-order valence-corrected chi connectivity index (χ4v) is 1.11. The molecule has 0 aromatic carbocycles. The van der Waals surface area contributed by atoms with E-state index < -0.39 is 11.9 Å². The van der Waals surface area contributed by atoms with Gasteiger partial charge in [0.25, 0.3) is 0 Å². The molecule has 0 aliphatic heterocycles. The van der Waals surface area contributed by atoms with E-state index in [0.717, 1.165) is 12.1 Å². The van der Waals surface area contributed by atoms with Gasteiger partial charge in [0.1, 0.15) is 11.5 Å². The molecule has 0 aliphatic rings. The first-order chi connectivity index (χ1) is 7.86. The van der Waals surface area contributed by atoms with Crippen LogP contribution in [0.3, 0.4) is 0 Å². The van der Waals surface area contributed by atoms with Crippen molar-refractivity contribution >= 4 is 5.84 Å². The third-order valence-corrected chi connectivity index (χ3v) is 1.88. The number of pyridine rings is 1. The van der Waals surface area contributed by atoms with Crippen LogP contribution < -0.4 is 10.5 Å². The second kappa shape index (κ2) is 5.03. The molecule has 17 heavy (non-hydrogen) atoms. The topological polar surface area (TPSA) is 72.0 Å². The van der Waals surface area contributed by atoms with Gasteiger partial charge in [-0.1, -0.05) is 6.92 Å². The minimum absolute atomic E-state index is 0.0615. The molecule has 94 valence electrons. The summed E-state index contributed by atoms with van der Waals surface area (Å²) >= 11 is 0. The molecule has 0 fully saturated rings. The Morgan fingerprint density at radius 3 is 2.59 bits per heavy atom. The van der Waals surface area contributed by atoms with Gasteiger partial charge in [-0.3, -0.25) is 5.41 Å². The first-order valence-electron chi connectivity index (χ1n) is 4.91. The Balaban J connectivity index is 3.14. The van der Waals surface area contributed by atoms with E-state index in [1.54, 1.807) is 6.92 Å². The number of ether oxygens (including phenoxy) is 1. The van der Waals surface area contributed by atoms with Crippen LogP contribution in [0, 0.1) is 5.41 Å². The summed E-state index contributed by atoms with van der Waals surface area (Å²) in [5.41, 5.74) is 4.23. The molecule has 1 aromatic heterocycles. The minimum atomic E-state index is -4.54. The predicted molar refractivity (Wildman–Crippen MR) is 56.0 cm³/mol. The molecule has 0 amide bonds. The molecule has 4 nitrogen and oxygen atoms in total. The molecule has 0 unspecified atom stereocenters. The number of alkyl halides is 3. The van der Waals surface area contributed by atoms with Gasteiger partial charge < -0.3 is 10.5 Å². The number of rotatable bonds is 4. The van der Waals surface area contributed by atoms with Crippen molar-refractivity contribution in [2.45, 2.75) is 19.5 Å². The maximum atomic E-state index is 12.4. The number of amidine groups is 1. The highest BCUT2D eigenvalue weighted by Crippen LogP contribution is 2.30. The number of hydrogen-bond acceptors (Lipinski definition) is 3. The third kappa shape index (κ3) is 3.33. The quantitative estimate of drug-likeness (QED) is 0.632. The Bertz CT molecular complexity index is 418. The van der Waals surface area contributed by atoms with Gasteiger partial charge in [-0.05, 0) is 18.6 Å². The van der Waals surface area contributed by atoms with Crippen LogP contribution in [0.2, 0.25) is 0 Å². The summed E-state index contributed by atoms with van der Waals surface area (Å²) in [5, 5.41) is 7.21. The first kappa shape index (κ1) is 13.3. The summed E-state index contributed by atoms with van der Waals surface area (Å²) in [7, 11) is 0. The molecule has 0 spiro atoms. The molecule has 0 atom stereocenters. The number of halogens is 3. The van der Waals surface area contributed by atoms with E-state index in [4.69, 9.17) is 15.9 Å². The van der Waals surface area contributed by atoms with Crippen LogP contribution >= 0.6 is 0 Å². The SMILES string of the molecule is CCCOc1nc(C(F)(F)F)ccc1C(=N)N. The van der Waals surface area contributed by atoms with Gasteiger partial charge in [-0.2, -0.15) is 13.2 Å². The van der Waals surface area contributed by atoms with Gasteiger partial charge in [-0.25, -0.2) is 4.98 Å². The van der Waals surface area contributed by atoms with Crippen LogP contribution in [0.4, 0.5) is 13.2 Å². The van der Waals surface area contributed by atoms with E-state index in [1.165, 1.54) is 0 Å². The largest absolute Gasteiger partial charge is 0.477 e. The van der Waals surface area contributed by atoms with Gasteiger partial charge in [0.05, 0.1) is 12.2 Å². The molecule has 0 aliphatic carbocycles. The first-order valence-corrected chi connectivity index (χ1v) is 4.91. The lowest BCUT2D eigenvalue weighted by Gasteiger charge is -2.12. The highest BCUT2D eigenvalue weighted by molar-refractivity contribution is 5.97. The molecule has 1 aromatic rings. The Labute approximate surface area is 96.1 Å². The summed E-state index contributed by atoms with van der Waals surface area (Å²) in [4.78, 5) is 3.33. The lowest BCUT2D eigenvalue weighted by atomic mass is 10.2. The van der Waals surface area contributed by atoms with Crippen LogP contribution in [0.1, 0.15) is 24.6 Å². The molecule has 0 bridgehead atoms. The lowest BCUT2D eigenvalue weighted by Crippen LogP contribution is -2.17. The molecule has 0 saturated heterocycles. The number of nitrogens with two attached hydrogens (primary N) is 1. The zero-order chi connectivity index (χ0) is 13.1.